The second-order valence-corrected chi connectivity index (χ2v) is 5.88. The van der Waals surface area contributed by atoms with Crippen LogP contribution in [0.3, 0.4) is 0 Å². The van der Waals surface area contributed by atoms with Gasteiger partial charge in [0, 0.05) is 13.1 Å². The first-order chi connectivity index (χ1) is 8.02. The number of carbonyl (C=O) groups excluding carboxylic acids is 1. The number of amides is 1. The SMILES string of the molecule is CCC1(C(=O)N2CCOCC2(C)C)CCNC1. The lowest BCUT2D eigenvalue weighted by Gasteiger charge is -2.45. The Balaban J connectivity index is 2.17. The van der Waals surface area contributed by atoms with Crippen molar-refractivity contribution in [3.05, 3.63) is 0 Å². The summed E-state index contributed by atoms with van der Waals surface area (Å²) in [5.41, 5.74) is -0.339. The van der Waals surface area contributed by atoms with Gasteiger partial charge in [-0.1, -0.05) is 6.92 Å². The predicted molar refractivity (Wildman–Crippen MR) is 66.8 cm³/mol. The van der Waals surface area contributed by atoms with Crippen LogP contribution in [0.4, 0.5) is 0 Å². The lowest BCUT2D eigenvalue weighted by atomic mass is 9.81. The topological polar surface area (TPSA) is 41.6 Å². The highest BCUT2D eigenvalue weighted by Gasteiger charge is 2.46. The third-order valence-electron chi connectivity index (χ3n) is 4.26. The summed E-state index contributed by atoms with van der Waals surface area (Å²) < 4.78 is 5.48. The molecule has 0 aromatic rings. The van der Waals surface area contributed by atoms with Gasteiger partial charge in [0.1, 0.15) is 0 Å². The molecule has 1 unspecified atom stereocenters. The van der Waals surface area contributed by atoms with Crippen LogP contribution < -0.4 is 5.32 Å². The standard InChI is InChI=1S/C13H24N2O2/c1-4-13(5-6-14-9-13)11(16)15-7-8-17-10-12(15,2)3/h14H,4-10H2,1-3H3. The fraction of sp³-hybridized carbons (Fsp3) is 0.923. The Morgan fingerprint density at radius 1 is 1.47 bits per heavy atom. The molecule has 2 aliphatic heterocycles. The lowest BCUT2D eigenvalue weighted by Crippen LogP contribution is -2.59. The van der Waals surface area contributed by atoms with Crippen LogP contribution in [0.15, 0.2) is 0 Å². The fourth-order valence-corrected chi connectivity index (χ4v) is 2.90. The summed E-state index contributed by atoms with van der Waals surface area (Å²) in [6.07, 6.45) is 1.89. The summed E-state index contributed by atoms with van der Waals surface area (Å²) in [5, 5.41) is 3.33. The zero-order valence-electron chi connectivity index (χ0n) is 11.2. The molecule has 2 saturated heterocycles. The Morgan fingerprint density at radius 2 is 2.24 bits per heavy atom. The van der Waals surface area contributed by atoms with Gasteiger partial charge in [0.15, 0.2) is 0 Å². The fourth-order valence-electron chi connectivity index (χ4n) is 2.90. The van der Waals surface area contributed by atoms with E-state index in [1.54, 1.807) is 0 Å². The van der Waals surface area contributed by atoms with Crippen LogP contribution in [-0.2, 0) is 9.53 Å². The molecule has 0 aromatic heterocycles. The Bertz CT molecular complexity index is 296. The van der Waals surface area contributed by atoms with E-state index in [2.05, 4.69) is 26.1 Å². The van der Waals surface area contributed by atoms with Crippen molar-refractivity contribution >= 4 is 5.91 Å². The minimum absolute atomic E-state index is 0.167. The molecule has 0 saturated carbocycles. The molecule has 0 radical (unpaired) electrons. The molecule has 17 heavy (non-hydrogen) atoms. The molecule has 4 heteroatoms. The molecule has 2 heterocycles. The van der Waals surface area contributed by atoms with E-state index >= 15 is 0 Å². The van der Waals surface area contributed by atoms with Gasteiger partial charge in [-0.05, 0) is 33.2 Å². The van der Waals surface area contributed by atoms with E-state index in [4.69, 9.17) is 4.74 Å². The maximum atomic E-state index is 12.8. The third-order valence-corrected chi connectivity index (χ3v) is 4.26. The van der Waals surface area contributed by atoms with Crippen LogP contribution in [0.5, 0.6) is 0 Å². The lowest BCUT2D eigenvalue weighted by molar-refractivity contribution is -0.156. The van der Waals surface area contributed by atoms with E-state index in [-0.39, 0.29) is 11.0 Å². The van der Waals surface area contributed by atoms with Crippen molar-refractivity contribution in [3.8, 4) is 0 Å². The maximum absolute atomic E-state index is 12.8. The molecular weight excluding hydrogens is 216 g/mol. The zero-order valence-corrected chi connectivity index (χ0v) is 11.2. The molecular formula is C13H24N2O2. The second kappa shape index (κ2) is 4.58. The summed E-state index contributed by atoms with van der Waals surface area (Å²) in [7, 11) is 0. The monoisotopic (exact) mass is 240 g/mol. The minimum atomic E-state index is -0.172. The molecule has 98 valence electrons. The van der Waals surface area contributed by atoms with E-state index in [1.165, 1.54) is 0 Å². The molecule has 0 aromatic carbocycles. The van der Waals surface area contributed by atoms with E-state index in [1.807, 2.05) is 4.90 Å². The summed E-state index contributed by atoms with van der Waals surface area (Å²) >= 11 is 0. The number of nitrogens with one attached hydrogen (secondary N) is 1. The normalized spacial score (nSPS) is 32.8. The van der Waals surface area contributed by atoms with Gasteiger partial charge in [0.2, 0.25) is 5.91 Å². The van der Waals surface area contributed by atoms with Gasteiger partial charge in [-0.2, -0.15) is 0 Å². The first-order valence-electron chi connectivity index (χ1n) is 6.62. The quantitative estimate of drug-likeness (QED) is 0.783. The van der Waals surface area contributed by atoms with E-state index in [9.17, 15) is 4.79 Å². The Kier molecular flexibility index (Phi) is 3.46. The molecule has 1 atom stereocenters. The Hall–Kier alpha value is -0.610. The molecule has 4 nitrogen and oxygen atoms in total. The highest BCUT2D eigenvalue weighted by Crippen LogP contribution is 2.34. The first-order valence-corrected chi connectivity index (χ1v) is 6.62. The van der Waals surface area contributed by atoms with Crippen LogP contribution in [0.1, 0.15) is 33.6 Å². The van der Waals surface area contributed by atoms with Gasteiger partial charge in [-0.25, -0.2) is 0 Å². The summed E-state index contributed by atoms with van der Waals surface area (Å²) in [4.78, 5) is 14.8. The summed E-state index contributed by atoms with van der Waals surface area (Å²) in [6, 6.07) is 0. The van der Waals surface area contributed by atoms with Crippen molar-refractivity contribution in [2.24, 2.45) is 5.41 Å². The molecule has 2 aliphatic rings. The smallest absolute Gasteiger partial charge is 0.230 e. The molecule has 0 aliphatic carbocycles. The Labute approximate surface area is 104 Å². The van der Waals surface area contributed by atoms with E-state index in [0.29, 0.717) is 19.1 Å². The highest BCUT2D eigenvalue weighted by atomic mass is 16.5. The number of rotatable bonds is 2. The minimum Gasteiger partial charge on any atom is -0.377 e. The zero-order chi connectivity index (χ0) is 12.5. The van der Waals surface area contributed by atoms with Crippen LogP contribution >= 0.6 is 0 Å². The molecule has 2 fully saturated rings. The molecule has 1 N–H and O–H groups in total. The van der Waals surface area contributed by atoms with Crippen LogP contribution in [0.2, 0.25) is 0 Å². The third kappa shape index (κ3) is 2.20. The van der Waals surface area contributed by atoms with Crippen molar-refractivity contribution in [1.82, 2.24) is 10.2 Å². The number of carbonyl (C=O) groups is 1. The van der Waals surface area contributed by atoms with Gasteiger partial charge < -0.3 is 15.0 Å². The maximum Gasteiger partial charge on any atom is 0.230 e. The summed E-state index contributed by atoms with van der Waals surface area (Å²) in [6.45, 7) is 10.1. The second-order valence-electron chi connectivity index (χ2n) is 5.88. The van der Waals surface area contributed by atoms with Crippen LogP contribution in [-0.4, -0.2) is 49.2 Å². The van der Waals surface area contributed by atoms with Crippen molar-refractivity contribution in [1.29, 1.82) is 0 Å². The van der Waals surface area contributed by atoms with Gasteiger partial charge in [0.05, 0.1) is 24.2 Å². The molecule has 1 amide bonds. The van der Waals surface area contributed by atoms with Crippen molar-refractivity contribution in [3.63, 3.8) is 0 Å². The number of morpholine rings is 1. The van der Waals surface area contributed by atoms with Gasteiger partial charge in [-0.3, -0.25) is 4.79 Å². The molecule has 2 rings (SSSR count). The summed E-state index contributed by atoms with van der Waals surface area (Å²) in [5.74, 6) is 0.318. The first kappa shape index (κ1) is 12.8. The number of ether oxygens (including phenoxy) is 1. The number of hydrogen-bond donors (Lipinski definition) is 1. The van der Waals surface area contributed by atoms with Crippen molar-refractivity contribution < 1.29 is 9.53 Å². The molecule has 0 spiro atoms. The average molecular weight is 240 g/mol. The largest absolute Gasteiger partial charge is 0.377 e. The van der Waals surface area contributed by atoms with Gasteiger partial charge >= 0.3 is 0 Å². The predicted octanol–water partition coefficient (Wildman–Crippen LogP) is 1.01. The van der Waals surface area contributed by atoms with E-state index < -0.39 is 0 Å². The van der Waals surface area contributed by atoms with Gasteiger partial charge in [-0.15, -0.1) is 0 Å². The van der Waals surface area contributed by atoms with Gasteiger partial charge in [0.25, 0.3) is 0 Å². The van der Waals surface area contributed by atoms with Crippen molar-refractivity contribution in [2.45, 2.75) is 39.2 Å². The van der Waals surface area contributed by atoms with E-state index in [0.717, 1.165) is 32.5 Å². The highest BCUT2D eigenvalue weighted by molar-refractivity contribution is 5.84. The van der Waals surface area contributed by atoms with Crippen LogP contribution in [0, 0.1) is 5.41 Å². The van der Waals surface area contributed by atoms with Crippen molar-refractivity contribution in [2.75, 3.05) is 32.8 Å². The Morgan fingerprint density at radius 3 is 2.76 bits per heavy atom. The average Bonchev–Trinajstić information content (AvgIpc) is 2.77. The molecule has 0 bridgehead atoms. The van der Waals surface area contributed by atoms with Crippen LogP contribution in [0.25, 0.3) is 0 Å². The number of hydrogen-bond acceptors (Lipinski definition) is 3. The number of nitrogens with zero attached hydrogens (tertiary/aromatic N) is 1.